The average molecular weight is 409 g/mol. The zero-order valence-corrected chi connectivity index (χ0v) is 19.7. The zero-order chi connectivity index (χ0) is 22.4. The highest BCUT2D eigenvalue weighted by atomic mass is 19.1. The molecule has 30 heavy (non-hydrogen) atoms. The molecule has 2 rings (SSSR count). The molecule has 162 valence electrons. The molecule has 2 nitrogen and oxygen atoms in total. The SMILES string of the molecule is CCC/C=C(/CC(C)(C)C)N=C(C)C(C)(C)Cc1ccc(-c2ccc(F)cn2)cc1. The van der Waals surface area contributed by atoms with E-state index < -0.39 is 0 Å². The standard InChI is InChI=1S/C27H37FN2/c1-8-9-10-24(18-26(3,4)5)30-20(2)27(6,7)17-21-11-13-22(14-12-21)25-16-15-23(28)19-29-25/h10-16,19H,8-9,17-18H2,1-7H3/b24-10-,30-20?. The quantitative estimate of drug-likeness (QED) is 0.406. The molecule has 0 spiro atoms. The van der Waals surface area contributed by atoms with Gasteiger partial charge in [0.15, 0.2) is 0 Å². The van der Waals surface area contributed by atoms with Crippen molar-refractivity contribution in [3.8, 4) is 11.3 Å². The second kappa shape index (κ2) is 10.1. The normalized spacial score (nSPS) is 13.6. The van der Waals surface area contributed by atoms with E-state index in [-0.39, 0.29) is 16.6 Å². The van der Waals surface area contributed by atoms with Gasteiger partial charge in [-0.15, -0.1) is 0 Å². The van der Waals surface area contributed by atoms with Crippen molar-refractivity contribution in [2.75, 3.05) is 0 Å². The van der Waals surface area contributed by atoms with E-state index in [1.807, 2.05) is 0 Å². The van der Waals surface area contributed by atoms with Crippen LogP contribution in [0, 0.1) is 16.6 Å². The first-order valence-corrected chi connectivity index (χ1v) is 11.0. The van der Waals surface area contributed by atoms with Gasteiger partial charge in [0, 0.05) is 22.4 Å². The molecule has 0 saturated heterocycles. The summed E-state index contributed by atoms with van der Waals surface area (Å²) in [6, 6.07) is 11.6. The summed E-state index contributed by atoms with van der Waals surface area (Å²) in [4.78, 5) is 9.24. The number of hydrogen-bond acceptors (Lipinski definition) is 2. The number of allylic oxidation sites excluding steroid dienone is 2. The lowest BCUT2D eigenvalue weighted by atomic mass is 9.81. The molecule has 0 saturated carbocycles. The van der Waals surface area contributed by atoms with Gasteiger partial charge in [-0.3, -0.25) is 9.98 Å². The van der Waals surface area contributed by atoms with Gasteiger partial charge in [-0.05, 0) is 49.3 Å². The molecule has 1 heterocycles. The van der Waals surface area contributed by atoms with Crippen molar-refractivity contribution in [1.82, 2.24) is 4.98 Å². The predicted molar refractivity (Wildman–Crippen MR) is 127 cm³/mol. The fraction of sp³-hybridized carbons (Fsp3) is 0.481. The Labute approximate surface area is 182 Å². The van der Waals surface area contributed by atoms with Gasteiger partial charge in [0.2, 0.25) is 0 Å². The minimum absolute atomic E-state index is 0.0428. The highest BCUT2D eigenvalue weighted by Crippen LogP contribution is 2.30. The van der Waals surface area contributed by atoms with Crippen LogP contribution in [0.4, 0.5) is 4.39 Å². The summed E-state index contributed by atoms with van der Waals surface area (Å²) in [5, 5.41) is 0. The third-order valence-electron chi connectivity index (χ3n) is 5.29. The van der Waals surface area contributed by atoms with Crippen molar-refractivity contribution in [3.63, 3.8) is 0 Å². The predicted octanol–water partition coefficient (Wildman–Crippen LogP) is 8.04. The maximum absolute atomic E-state index is 13.1. The minimum atomic E-state index is -0.314. The van der Waals surface area contributed by atoms with Gasteiger partial charge in [-0.25, -0.2) is 4.39 Å². The van der Waals surface area contributed by atoms with Gasteiger partial charge >= 0.3 is 0 Å². The molecular formula is C27H37FN2. The minimum Gasteiger partial charge on any atom is -0.262 e. The average Bonchev–Trinajstić information content (AvgIpc) is 2.66. The molecule has 1 aromatic heterocycles. The second-order valence-corrected chi connectivity index (χ2v) is 10.0. The Morgan fingerprint density at radius 2 is 1.70 bits per heavy atom. The summed E-state index contributed by atoms with van der Waals surface area (Å²) >= 11 is 0. The third kappa shape index (κ3) is 7.51. The van der Waals surface area contributed by atoms with Gasteiger partial charge < -0.3 is 0 Å². The summed E-state index contributed by atoms with van der Waals surface area (Å²) in [5.74, 6) is -0.314. The largest absolute Gasteiger partial charge is 0.262 e. The van der Waals surface area contributed by atoms with E-state index in [0.717, 1.165) is 36.9 Å². The van der Waals surface area contributed by atoms with Gasteiger partial charge in [0.1, 0.15) is 5.82 Å². The van der Waals surface area contributed by atoms with Crippen molar-refractivity contribution < 1.29 is 4.39 Å². The summed E-state index contributed by atoms with van der Waals surface area (Å²) in [6.07, 6.45) is 7.67. The summed E-state index contributed by atoms with van der Waals surface area (Å²) < 4.78 is 13.1. The van der Waals surface area contributed by atoms with Gasteiger partial charge in [0.05, 0.1) is 11.9 Å². The lowest BCUT2D eigenvalue weighted by Crippen LogP contribution is -2.25. The molecule has 0 unspecified atom stereocenters. The maximum atomic E-state index is 13.1. The lowest BCUT2D eigenvalue weighted by molar-refractivity contribution is 0.406. The molecule has 0 atom stereocenters. The number of pyridine rings is 1. The summed E-state index contributed by atoms with van der Waals surface area (Å²) in [6.45, 7) is 15.7. The zero-order valence-electron chi connectivity index (χ0n) is 19.7. The fourth-order valence-corrected chi connectivity index (χ4v) is 3.36. The van der Waals surface area contributed by atoms with Crippen LogP contribution in [0.15, 0.2) is 59.4 Å². The number of benzene rings is 1. The van der Waals surface area contributed by atoms with Crippen LogP contribution < -0.4 is 0 Å². The first kappa shape index (κ1) is 24.0. The van der Waals surface area contributed by atoms with E-state index in [4.69, 9.17) is 4.99 Å². The van der Waals surface area contributed by atoms with Crippen LogP contribution >= 0.6 is 0 Å². The Bertz CT molecular complexity index is 867. The van der Waals surface area contributed by atoms with Crippen LogP contribution in [0.25, 0.3) is 11.3 Å². The third-order valence-corrected chi connectivity index (χ3v) is 5.29. The van der Waals surface area contributed by atoms with Crippen LogP contribution in [0.3, 0.4) is 0 Å². The van der Waals surface area contributed by atoms with Gasteiger partial charge in [-0.2, -0.15) is 0 Å². The molecule has 3 heteroatoms. The summed E-state index contributed by atoms with van der Waals surface area (Å²) in [7, 11) is 0. The number of hydrogen-bond donors (Lipinski definition) is 0. The first-order valence-electron chi connectivity index (χ1n) is 11.0. The molecule has 1 aromatic carbocycles. The molecular weight excluding hydrogens is 371 g/mol. The van der Waals surface area contributed by atoms with E-state index in [0.29, 0.717) is 0 Å². The van der Waals surface area contributed by atoms with E-state index in [2.05, 4.69) is 83.8 Å². The van der Waals surface area contributed by atoms with Crippen LogP contribution in [0.2, 0.25) is 0 Å². The van der Waals surface area contributed by atoms with Crippen molar-refractivity contribution in [2.45, 2.75) is 74.1 Å². The van der Waals surface area contributed by atoms with Gasteiger partial charge in [-0.1, -0.05) is 78.3 Å². The van der Waals surface area contributed by atoms with E-state index in [1.165, 1.54) is 29.2 Å². The highest BCUT2D eigenvalue weighted by Gasteiger charge is 2.23. The highest BCUT2D eigenvalue weighted by molar-refractivity contribution is 5.88. The Morgan fingerprint density at radius 1 is 1.03 bits per heavy atom. The van der Waals surface area contributed by atoms with E-state index in [1.54, 1.807) is 6.07 Å². The molecule has 0 bridgehead atoms. The monoisotopic (exact) mass is 408 g/mol. The molecule has 0 amide bonds. The fourth-order valence-electron chi connectivity index (χ4n) is 3.36. The molecule has 0 fully saturated rings. The Morgan fingerprint density at radius 3 is 2.23 bits per heavy atom. The number of unbranched alkanes of at least 4 members (excludes halogenated alkanes) is 1. The molecule has 0 N–H and O–H groups in total. The topological polar surface area (TPSA) is 25.2 Å². The first-order chi connectivity index (χ1) is 14.0. The molecule has 0 aliphatic heterocycles. The van der Waals surface area contributed by atoms with Gasteiger partial charge in [0.25, 0.3) is 0 Å². The number of rotatable bonds is 8. The molecule has 0 radical (unpaired) electrons. The lowest BCUT2D eigenvalue weighted by Gasteiger charge is -2.26. The number of halogens is 1. The maximum Gasteiger partial charge on any atom is 0.141 e. The van der Waals surface area contributed by atoms with Crippen LogP contribution in [-0.2, 0) is 6.42 Å². The number of aliphatic imine (C=N–C) groups is 1. The van der Waals surface area contributed by atoms with E-state index in [9.17, 15) is 4.39 Å². The van der Waals surface area contributed by atoms with Crippen molar-refractivity contribution in [1.29, 1.82) is 0 Å². The smallest absolute Gasteiger partial charge is 0.141 e. The molecule has 2 aromatic rings. The Hall–Kier alpha value is -2.29. The molecule has 0 aliphatic rings. The Kier molecular flexibility index (Phi) is 8.11. The molecule has 0 aliphatic carbocycles. The Balaban J connectivity index is 2.17. The van der Waals surface area contributed by atoms with Crippen LogP contribution in [0.5, 0.6) is 0 Å². The van der Waals surface area contributed by atoms with Crippen LogP contribution in [0.1, 0.15) is 73.3 Å². The van der Waals surface area contributed by atoms with Crippen molar-refractivity contribution >= 4 is 5.71 Å². The van der Waals surface area contributed by atoms with Crippen molar-refractivity contribution in [2.24, 2.45) is 15.8 Å². The van der Waals surface area contributed by atoms with E-state index >= 15 is 0 Å². The number of aromatic nitrogens is 1. The summed E-state index contributed by atoms with van der Waals surface area (Å²) in [5.41, 5.74) is 5.59. The second-order valence-electron chi connectivity index (χ2n) is 10.0. The van der Waals surface area contributed by atoms with Crippen LogP contribution in [-0.4, -0.2) is 10.7 Å². The number of nitrogens with zero attached hydrogens (tertiary/aromatic N) is 2. The van der Waals surface area contributed by atoms with Crippen molar-refractivity contribution in [3.05, 3.63) is 65.7 Å².